The molecule has 0 saturated heterocycles. The zero-order valence-electron chi connectivity index (χ0n) is 16.4. The minimum atomic E-state index is -1.77. The van der Waals surface area contributed by atoms with E-state index in [1.807, 2.05) is 24.3 Å². The molecule has 0 aliphatic heterocycles. The number of hydrogen-bond acceptors (Lipinski definition) is 2. The van der Waals surface area contributed by atoms with E-state index in [2.05, 4.69) is 62.0 Å². The third-order valence-electron chi connectivity index (χ3n) is 5.79. The molecule has 0 aromatic heterocycles. The van der Waals surface area contributed by atoms with Crippen molar-refractivity contribution < 1.29 is 9.22 Å². The maximum Gasteiger partial charge on any atom is 0.251 e. The lowest BCUT2D eigenvalue weighted by molar-refractivity contribution is 0.0254. The highest BCUT2D eigenvalue weighted by Crippen LogP contribution is 2.42. The van der Waals surface area contributed by atoms with Gasteiger partial charge in [-0.05, 0) is 75.0 Å². The Kier molecular flexibility index (Phi) is 6.22. The quantitative estimate of drug-likeness (QED) is 0.609. The molecule has 5 heteroatoms. The number of hydrogen-bond donors (Lipinski definition) is 1. The first-order valence-corrected chi connectivity index (χ1v) is 12.9. The number of carbonyl (C=O) groups is 1. The third kappa shape index (κ3) is 5.41. The number of amides is 1. The van der Waals surface area contributed by atoms with Crippen molar-refractivity contribution in [2.75, 3.05) is 0 Å². The van der Waals surface area contributed by atoms with Crippen LogP contribution in [-0.2, 0) is 4.43 Å². The van der Waals surface area contributed by atoms with Crippen LogP contribution in [0.15, 0.2) is 28.7 Å². The second kappa shape index (κ2) is 7.53. The van der Waals surface area contributed by atoms with Crippen LogP contribution >= 0.6 is 15.9 Å². The molecule has 140 valence electrons. The van der Waals surface area contributed by atoms with Crippen LogP contribution in [0.5, 0.6) is 0 Å². The maximum absolute atomic E-state index is 12.4. The molecule has 0 unspecified atom stereocenters. The number of rotatable bonds is 4. The van der Waals surface area contributed by atoms with Gasteiger partial charge in [0.05, 0.1) is 5.60 Å². The predicted molar refractivity (Wildman–Crippen MR) is 111 cm³/mol. The Hall–Kier alpha value is -0.653. The highest BCUT2D eigenvalue weighted by atomic mass is 79.9. The van der Waals surface area contributed by atoms with Gasteiger partial charge in [-0.15, -0.1) is 0 Å². The largest absolute Gasteiger partial charge is 0.412 e. The van der Waals surface area contributed by atoms with Gasteiger partial charge in [0.1, 0.15) is 0 Å². The van der Waals surface area contributed by atoms with Gasteiger partial charge in [0.15, 0.2) is 8.32 Å². The van der Waals surface area contributed by atoms with E-state index in [0.29, 0.717) is 5.56 Å². The van der Waals surface area contributed by atoms with Crippen LogP contribution in [-0.4, -0.2) is 25.9 Å². The molecular weight excluding hydrogens is 394 g/mol. The Morgan fingerprint density at radius 1 is 1.20 bits per heavy atom. The Bertz CT molecular complexity index is 599. The monoisotopic (exact) mass is 425 g/mol. The van der Waals surface area contributed by atoms with Crippen molar-refractivity contribution in [3.8, 4) is 0 Å². The number of carbonyl (C=O) groups excluding carboxylic acids is 1. The highest BCUT2D eigenvalue weighted by Gasteiger charge is 2.44. The molecule has 0 heterocycles. The maximum atomic E-state index is 12.4. The van der Waals surface area contributed by atoms with E-state index in [1.54, 1.807) is 0 Å². The summed E-state index contributed by atoms with van der Waals surface area (Å²) in [6.45, 7) is 13.7. The SMILES string of the molecule is CC1(O[Si](C)(C)C(C)(C)C)CCC(NC(=O)c2ccc(Br)cc2)CC1. The Labute approximate surface area is 162 Å². The molecule has 1 fully saturated rings. The fraction of sp³-hybridized carbons (Fsp3) is 0.650. The van der Waals surface area contributed by atoms with Crippen LogP contribution < -0.4 is 5.32 Å². The number of benzene rings is 1. The molecule has 0 spiro atoms. The van der Waals surface area contributed by atoms with Crippen molar-refractivity contribution in [3.63, 3.8) is 0 Å². The van der Waals surface area contributed by atoms with Crippen LogP contribution in [0.1, 0.15) is 63.7 Å². The van der Waals surface area contributed by atoms with Gasteiger partial charge in [0.2, 0.25) is 0 Å². The summed E-state index contributed by atoms with van der Waals surface area (Å²) in [6.07, 6.45) is 3.97. The van der Waals surface area contributed by atoms with Crippen LogP contribution in [0.4, 0.5) is 0 Å². The Morgan fingerprint density at radius 2 is 1.72 bits per heavy atom. The lowest BCUT2D eigenvalue weighted by Crippen LogP contribution is -2.51. The molecule has 1 saturated carbocycles. The first-order chi connectivity index (χ1) is 11.4. The van der Waals surface area contributed by atoms with E-state index in [-0.39, 0.29) is 22.6 Å². The van der Waals surface area contributed by atoms with Gasteiger partial charge in [-0.2, -0.15) is 0 Å². The van der Waals surface area contributed by atoms with Crippen molar-refractivity contribution in [3.05, 3.63) is 34.3 Å². The standard InChI is InChI=1S/C20H32BrNO2Si/c1-19(2,3)25(5,6)24-20(4)13-11-17(12-14-20)22-18(23)15-7-9-16(21)10-8-15/h7-10,17H,11-14H2,1-6H3,(H,22,23). The van der Waals surface area contributed by atoms with Gasteiger partial charge in [-0.3, -0.25) is 4.79 Å². The first kappa shape index (κ1) is 20.7. The van der Waals surface area contributed by atoms with Crippen molar-refractivity contribution in [1.29, 1.82) is 0 Å². The van der Waals surface area contributed by atoms with Crippen molar-refractivity contribution >= 4 is 30.2 Å². The molecule has 1 aliphatic carbocycles. The van der Waals surface area contributed by atoms with Crippen LogP contribution in [0.3, 0.4) is 0 Å². The second-order valence-electron chi connectivity index (χ2n) is 9.07. The molecule has 1 aromatic carbocycles. The van der Waals surface area contributed by atoms with Gasteiger partial charge >= 0.3 is 0 Å². The molecule has 2 rings (SSSR count). The average molecular weight is 426 g/mol. The van der Waals surface area contributed by atoms with E-state index in [4.69, 9.17) is 4.43 Å². The van der Waals surface area contributed by atoms with Crippen molar-refractivity contribution in [2.24, 2.45) is 0 Å². The van der Waals surface area contributed by atoms with Gasteiger partial charge < -0.3 is 9.74 Å². The summed E-state index contributed by atoms with van der Waals surface area (Å²) in [5.74, 6) is 0.0198. The van der Waals surface area contributed by atoms with Crippen LogP contribution in [0.25, 0.3) is 0 Å². The summed E-state index contributed by atoms with van der Waals surface area (Å²) in [4.78, 5) is 12.4. The van der Waals surface area contributed by atoms with Crippen molar-refractivity contribution in [2.45, 2.75) is 83.2 Å². The van der Waals surface area contributed by atoms with Crippen molar-refractivity contribution in [1.82, 2.24) is 5.32 Å². The normalized spacial score (nSPS) is 24.8. The highest BCUT2D eigenvalue weighted by molar-refractivity contribution is 9.10. The molecule has 0 radical (unpaired) electrons. The zero-order valence-corrected chi connectivity index (χ0v) is 19.0. The fourth-order valence-electron chi connectivity index (χ4n) is 3.11. The van der Waals surface area contributed by atoms with Gasteiger partial charge in [0, 0.05) is 16.1 Å². The number of nitrogens with one attached hydrogen (secondary N) is 1. The smallest absolute Gasteiger partial charge is 0.251 e. The molecule has 1 N–H and O–H groups in total. The molecule has 0 atom stereocenters. The van der Waals surface area contributed by atoms with E-state index in [9.17, 15) is 4.79 Å². The lowest BCUT2D eigenvalue weighted by atomic mass is 9.83. The predicted octanol–water partition coefficient (Wildman–Crippen LogP) is 5.90. The minimum absolute atomic E-state index is 0.0198. The van der Waals surface area contributed by atoms with Gasteiger partial charge in [0.25, 0.3) is 5.91 Å². The molecule has 0 bridgehead atoms. The molecular formula is C20H32BrNO2Si. The zero-order chi connectivity index (χ0) is 18.9. The summed E-state index contributed by atoms with van der Waals surface area (Å²) >= 11 is 3.40. The molecule has 1 amide bonds. The second-order valence-corrected chi connectivity index (χ2v) is 14.7. The third-order valence-corrected chi connectivity index (χ3v) is 10.9. The Balaban J connectivity index is 1.90. The van der Waals surface area contributed by atoms with Gasteiger partial charge in [-0.25, -0.2) is 0 Å². The van der Waals surface area contributed by atoms with E-state index < -0.39 is 8.32 Å². The Morgan fingerprint density at radius 3 is 2.20 bits per heavy atom. The minimum Gasteiger partial charge on any atom is -0.412 e. The fourth-order valence-corrected chi connectivity index (χ4v) is 5.12. The van der Waals surface area contributed by atoms with Crippen LogP contribution in [0, 0.1) is 0 Å². The topological polar surface area (TPSA) is 38.3 Å². The molecule has 1 aromatic rings. The molecule has 1 aliphatic rings. The van der Waals surface area contributed by atoms with E-state index >= 15 is 0 Å². The summed E-state index contributed by atoms with van der Waals surface area (Å²) in [5.41, 5.74) is 0.663. The van der Waals surface area contributed by atoms with Gasteiger partial charge in [-0.1, -0.05) is 36.7 Å². The number of halogens is 1. The first-order valence-electron chi connectivity index (χ1n) is 9.19. The lowest BCUT2D eigenvalue weighted by Gasteiger charge is -2.47. The molecule has 25 heavy (non-hydrogen) atoms. The summed E-state index contributed by atoms with van der Waals surface area (Å²) in [6, 6.07) is 7.76. The van der Waals surface area contributed by atoms with Crippen LogP contribution in [0.2, 0.25) is 18.1 Å². The average Bonchev–Trinajstić information content (AvgIpc) is 2.48. The summed E-state index contributed by atoms with van der Waals surface area (Å²) < 4.78 is 7.69. The summed E-state index contributed by atoms with van der Waals surface area (Å²) in [5, 5.41) is 3.41. The van der Waals surface area contributed by atoms with E-state index in [1.165, 1.54) is 0 Å². The molecule has 3 nitrogen and oxygen atoms in total. The summed E-state index contributed by atoms with van der Waals surface area (Å²) in [7, 11) is -1.77. The van der Waals surface area contributed by atoms with E-state index in [0.717, 1.165) is 30.2 Å².